The Bertz CT molecular complexity index is 573. The Labute approximate surface area is 124 Å². The fourth-order valence-corrected chi connectivity index (χ4v) is 2.48. The molecule has 0 atom stereocenters. The van der Waals surface area contributed by atoms with E-state index < -0.39 is 0 Å². The number of anilines is 1. The second kappa shape index (κ2) is 6.76. The topological polar surface area (TPSA) is 12.0 Å². The van der Waals surface area contributed by atoms with Gasteiger partial charge in [0.2, 0.25) is 0 Å². The minimum absolute atomic E-state index is 0.267. The van der Waals surface area contributed by atoms with Crippen molar-refractivity contribution in [2.24, 2.45) is 0 Å². The zero-order valence-electron chi connectivity index (χ0n) is 11.8. The number of hydrogen-bond acceptors (Lipinski definition) is 1. The van der Waals surface area contributed by atoms with Crippen LogP contribution in [0.25, 0.3) is 0 Å². The minimum atomic E-state index is -0.267. The highest BCUT2D eigenvalue weighted by Gasteiger charge is 2.08. The Morgan fingerprint density at radius 1 is 1.00 bits per heavy atom. The normalized spacial score (nSPS) is 10.6. The van der Waals surface area contributed by atoms with Gasteiger partial charge in [-0.05, 0) is 36.1 Å². The van der Waals surface area contributed by atoms with Crippen molar-refractivity contribution in [1.82, 2.24) is 0 Å². The Morgan fingerprint density at radius 2 is 1.65 bits per heavy atom. The van der Waals surface area contributed by atoms with Crippen molar-refractivity contribution < 1.29 is 4.39 Å². The van der Waals surface area contributed by atoms with Crippen molar-refractivity contribution in [3.8, 4) is 0 Å². The maximum atomic E-state index is 13.8. The molecule has 3 heteroatoms. The van der Waals surface area contributed by atoms with Gasteiger partial charge in [0.1, 0.15) is 5.82 Å². The van der Waals surface area contributed by atoms with Gasteiger partial charge in [-0.25, -0.2) is 4.39 Å². The van der Waals surface area contributed by atoms with Crippen LogP contribution < -0.4 is 5.32 Å². The molecule has 2 aromatic rings. The van der Waals surface area contributed by atoms with Crippen molar-refractivity contribution >= 4 is 17.3 Å². The van der Waals surface area contributed by atoms with Crippen molar-refractivity contribution in [2.45, 2.75) is 33.2 Å². The first-order valence-corrected chi connectivity index (χ1v) is 7.32. The molecule has 0 unspecified atom stereocenters. The van der Waals surface area contributed by atoms with Crippen LogP contribution >= 0.6 is 11.6 Å². The number of hydrogen-bond donors (Lipinski definition) is 1. The number of halogens is 2. The van der Waals surface area contributed by atoms with Gasteiger partial charge in [0, 0.05) is 22.8 Å². The Kier molecular flexibility index (Phi) is 5.02. The second-order valence-corrected chi connectivity index (χ2v) is 5.18. The molecule has 0 fully saturated rings. The Balaban J connectivity index is 2.22. The van der Waals surface area contributed by atoms with Crippen LogP contribution in [0.1, 0.15) is 30.5 Å². The SMILES string of the molecule is CCc1cccc(CC)c1NCc1ccc(Cl)cc1F. The molecule has 1 N–H and O–H groups in total. The van der Waals surface area contributed by atoms with Gasteiger partial charge >= 0.3 is 0 Å². The molecule has 2 rings (SSSR count). The summed E-state index contributed by atoms with van der Waals surface area (Å²) in [6, 6.07) is 11.1. The smallest absolute Gasteiger partial charge is 0.129 e. The lowest BCUT2D eigenvalue weighted by atomic mass is 10.0. The molecule has 0 aliphatic carbocycles. The third-order valence-corrected chi connectivity index (χ3v) is 3.70. The summed E-state index contributed by atoms with van der Waals surface area (Å²) in [4.78, 5) is 0. The molecule has 0 saturated heterocycles. The average molecular weight is 292 g/mol. The molecule has 0 amide bonds. The van der Waals surface area contributed by atoms with Gasteiger partial charge in [-0.3, -0.25) is 0 Å². The van der Waals surface area contributed by atoms with Crippen molar-refractivity contribution in [2.75, 3.05) is 5.32 Å². The maximum absolute atomic E-state index is 13.8. The first-order valence-electron chi connectivity index (χ1n) is 6.94. The van der Waals surface area contributed by atoms with Gasteiger partial charge in [-0.1, -0.05) is 49.7 Å². The molecule has 0 spiro atoms. The summed E-state index contributed by atoms with van der Waals surface area (Å²) in [6.07, 6.45) is 1.92. The van der Waals surface area contributed by atoms with Crippen LogP contribution in [0.15, 0.2) is 36.4 Å². The molecular weight excluding hydrogens is 273 g/mol. The quantitative estimate of drug-likeness (QED) is 0.797. The van der Waals surface area contributed by atoms with Crippen LogP contribution in [0.4, 0.5) is 10.1 Å². The molecule has 0 radical (unpaired) electrons. The molecule has 2 aromatic carbocycles. The monoisotopic (exact) mass is 291 g/mol. The summed E-state index contributed by atoms with van der Waals surface area (Å²) in [6.45, 7) is 4.72. The first-order chi connectivity index (χ1) is 9.65. The first kappa shape index (κ1) is 14.9. The molecule has 1 nitrogen and oxygen atoms in total. The van der Waals surface area contributed by atoms with E-state index in [0.29, 0.717) is 17.1 Å². The van der Waals surface area contributed by atoms with Crippen LogP contribution in [0.3, 0.4) is 0 Å². The summed E-state index contributed by atoms with van der Waals surface area (Å²) >= 11 is 5.77. The third kappa shape index (κ3) is 3.31. The van der Waals surface area contributed by atoms with Gasteiger partial charge in [0.05, 0.1) is 0 Å². The number of rotatable bonds is 5. The fraction of sp³-hybridized carbons (Fsp3) is 0.294. The van der Waals surface area contributed by atoms with E-state index in [1.807, 2.05) is 0 Å². The van der Waals surface area contributed by atoms with Gasteiger partial charge in [0.15, 0.2) is 0 Å². The van der Waals surface area contributed by atoms with Crippen LogP contribution in [0.5, 0.6) is 0 Å². The van der Waals surface area contributed by atoms with Crippen LogP contribution in [-0.4, -0.2) is 0 Å². The predicted molar refractivity (Wildman–Crippen MR) is 83.9 cm³/mol. The average Bonchev–Trinajstić information content (AvgIpc) is 2.46. The second-order valence-electron chi connectivity index (χ2n) is 4.75. The summed E-state index contributed by atoms with van der Waals surface area (Å²) < 4.78 is 13.8. The zero-order valence-corrected chi connectivity index (χ0v) is 12.6. The highest BCUT2D eigenvalue weighted by atomic mass is 35.5. The summed E-state index contributed by atoms with van der Waals surface area (Å²) in [7, 11) is 0. The standard InChI is InChI=1S/C17H19ClFN/c1-3-12-6-5-7-13(4-2)17(12)20-11-14-8-9-15(18)10-16(14)19/h5-10,20H,3-4,11H2,1-2H3. The lowest BCUT2D eigenvalue weighted by Crippen LogP contribution is -2.06. The Morgan fingerprint density at radius 3 is 2.20 bits per heavy atom. The zero-order chi connectivity index (χ0) is 14.5. The number of nitrogens with one attached hydrogen (secondary N) is 1. The molecule has 0 heterocycles. The van der Waals surface area contributed by atoms with E-state index in [-0.39, 0.29) is 5.82 Å². The van der Waals surface area contributed by atoms with E-state index in [2.05, 4.69) is 37.4 Å². The third-order valence-electron chi connectivity index (χ3n) is 3.47. The number of benzene rings is 2. The van der Waals surface area contributed by atoms with Crippen LogP contribution in [-0.2, 0) is 19.4 Å². The fourth-order valence-electron chi connectivity index (χ4n) is 2.32. The van der Waals surface area contributed by atoms with Gasteiger partial charge in [0.25, 0.3) is 0 Å². The molecule has 20 heavy (non-hydrogen) atoms. The molecular formula is C17H19ClFN. The maximum Gasteiger partial charge on any atom is 0.129 e. The summed E-state index contributed by atoms with van der Waals surface area (Å²) in [5.74, 6) is -0.267. The van der Waals surface area contributed by atoms with E-state index in [9.17, 15) is 4.39 Å². The highest BCUT2D eigenvalue weighted by molar-refractivity contribution is 6.30. The largest absolute Gasteiger partial charge is 0.380 e. The van der Waals surface area contributed by atoms with Crippen LogP contribution in [0, 0.1) is 5.82 Å². The van der Waals surface area contributed by atoms with Crippen LogP contribution in [0.2, 0.25) is 5.02 Å². The number of aryl methyl sites for hydroxylation is 2. The van der Waals surface area contributed by atoms with E-state index in [0.717, 1.165) is 18.5 Å². The Hall–Kier alpha value is -1.54. The summed E-state index contributed by atoms with van der Waals surface area (Å²) in [5.41, 5.74) is 4.28. The van der Waals surface area contributed by atoms with E-state index in [4.69, 9.17) is 11.6 Å². The minimum Gasteiger partial charge on any atom is -0.380 e. The molecule has 0 aliphatic heterocycles. The van der Waals surface area contributed by atoms with Gasteiger partial charge < -0.3 is 5.32 Å². The predicted octanol–water partition coefficient (Wildman–Crippen LogP) is 5.22. The van der Waals surface area contributed by atoms with Crippen molar-refractivity contribution in [3.05, 3.63) is 63.9 Å². The van der Waals surface area contributed by atoms with Gasteiger partial charge in [-0.15, -0.1) is 0 Å². The lowest BCUT2D eigenvalue weighted by molar-refractivity contribution is 0.613. The van der Waals surface area contributed by atoms with E-state index in [1.165, 1.54) is 17.2 Å². The lowest BCUT2D eigenvalue weighted by Gasteiger charge is -2.15. The van der Waals surface area contributed by atoms with Crippen molar-refractivity contribution in [1.29, 1.82) is 0 Å². The molecule has 0 aromatic heterocycles. The number of para-hydroxylation sites is 1. The molecule has 0 bridgehead atoms. The van der Waals surface area contributed by atoms with E-state index in [1.54, 1.807) is 12.1 Å². The molecule has 106 valence electrons. The highest BCUT2D eigenvalue weighted by Crippen LogP contribution is 2.24. The molecule has 0 saturated carbocycles. The molecule has 0 aliphatic rings. The van der Waals surface area contributed by atoms with Crippen molar-refractivity contribution in [3.63, 3.8) is 0 Å². The summed E-state index contributed by atoms with van der Waals surface area (Å²) in [5, 5.41) is 3.80. The van der Waals surface area contributed by atoms with E-state index >= 15 is 0 Å². The van der Waals surface area contributed by atoms with Gasteiger partial charge in [-0.2, -0.15) is 0 Å².